The number of carboxylic acid groups (broad SMARTS) is 1. The molecule has 188 valence electrons. The van der Waals surface area contributed by atoms with Crippen LogP contribution in [0.1, 0.15) is 112 Å². The van der Waals surface area contributed by atoms with Crippen LogP contribution >= 0.6 is 11.6 Å². The zero-order valence-electron chi connectivity index (χ0n) is 21.4. The van der Waals surface area contributed by atoms with E-state index in [-0.39, 0.29) is 48.1 Å². The van der Waals surface area contributed by atoms with Gasteiger partial charge >= 0.3 is 5.97 Å². The van der Waals surface area contributed by atoms with Crippen molar-refractivity contribution in [1.82, 2.24) is 0 Å². The van der Waals surface area contributed by atoms with Crippen molar-refractivity contribution in [3.05, 3.63) is 69.3 Å². The molecule has 0 aromatic heterocycles. The summed E-state index contributed by atoms with van der Waals surface area (Å²) in [5.74, 6) is -0.811. The summed E-state index contributed by atoms with van der Waals surface area (Å²) in [5, 5.41) is 8.55. The van der Waals surface area contributed by atoms with Gasteiger partial charge in [-0.25, -0.2) is 8.78 Å². The van der Waals surface area contributed by atoms with E-state index in [0.29, 0.717) is 0 Å². The van der Waals surface area contributed by atoms with E-state index in [1.807, 2.05) is 55.4 Å². The minimum Gasteiger partial charge on any atom is -0.481 e. The van der Waals surface area contributed by atoms with E-state index in [1.54, 1.807) is 0 Å². The number of carbonyl (C=O) groups excluding carboxylic acids is 1. The lowest BCUT2D eigenvalue weighted by Gasteiger charge is -2.18. The van der Waals surface area contributed by atoms with Crippen molar-refractivity contribution in [3.8, 4) is 0 Å². The van der Waals surface area contributed by atoms with Crippen LogP contribution in [0.4, 0.5) is 8.78 Å². The van der Waals surface area contributed by atoms with E-state index in [9.17, 15) is 18.4 Å². The summed E-state index contributed by atoms with van der Waals surface area (Å²) >= 11 is 5.47. The molecule has 0 radical (unpaired) electrons. The minimum absolute atomic E-state index is 0.0404. The fraction of sp³-hybridized carbons (Fsp3) is 0.500. The van der Waals surface area contributed by atoms with Crippen molar-refractivity contribution >= 4 is 22.8 Å². The summed E-state index contributed by atoms with van der Waals surface area (Å²) in [6.45, 7) is 15.7. The molecule has 0 atom stereocenters. The van der Waals surface area contributed by atoms with Gasteiger partial charge in [-0.3, -0.25) is 9.59 Å². The van der Waals surface area contributed by atoms with Crippen LogP contribution in [-0.4, -0.2) is 16.3 Å². The molecule has 0 saturated heterocycles. The summed E-state index contributed by atoms with van der Waals surface area (Å²) in [6, 6.07) is 5.92. The molecule has 0 spiro atoms. The first-order valence-electron chi connectivity index (χ1n) is 11.7. The fourth-order valence-corrected chi connectivity index (χ4v) is 4.25. The lowest BCUT2D eigenvalue weighted by molar-refractivity contribution is -0.136. The normalized spacial score (nSPS) is 11.3. The molecule has 2 aromatic rings. The van der Waals surface area contributed by atoms with Gasteiger partial charge in [-0.2, -0.15) is 0 Å². The third-order valence-electron chi connectivity index (χ3n) is 5.70. The average Bonchev–Trinajstić information content (AvgIpc) is 2.69. The monoisotopic (exact) mass is 494 g/mol. The Morgan fingerprint density at radius 1 is 0.676 bits per heavy atom. The van der Waals surface area contributed by atoms with Crippen LogP contribution in [0.2, 0.25) is 0 Å². The lowest BCUT2D eigenvalue weighted by Crippen LogP contribution is -2.10. The van der Waals surface area contributed by atoms with Crippen LogP contribution in [0, 0.1) is 11.6 Å². The highest BCUT2D eigenvalue weighted by molar-refractivity contribution is 6.63. The Balaban J connectivity index is 0.000000340. The molecule has 0 aliphatic carbocycles. The zero-order valence-corrected chi connectivity index (χ0v) is 22.2. The molecule has 34 heavy (non-hydrogen) atoms. The van der Waals surface area contributed by atoms with Crippen molar-refractivity contribution in [1.29, 1.82) is 0 Å². The topological polar surface area (TPSA) is 54.4 Å². The lowest BCUT2D eigenvalue weighted by atomic mass is 9.87. The molecule has 0 bridgehead atoms. The van der Waals surface area contributed by atoms with Crippen LogP contribution in [0.5, 0.6) is 0 Å². The van der Waals surface area contributed by atoms with E-state index in [1.165, 1.54) is 24.3 Å². The number of hydrogen-bond donors (Lipinski definition) is 1. The first-order chi connectivity index (χ1) is 15.6. The Morgan fingerprint density at radius 3 is 1.15 bits per heavy atom. The average molecular weight is 495 g/mol. The molecule has 0 aliphatic heterocycles. The molecular weight excluding hydrogens is 458 g/mol. The molecule has 2 rings (SSSR count). The Bertz CT molecular complexity index is 871. The van der Waals surface area contributed by atoms with Gasteiger partial charge in [-0.1, -0.05) is 55.4 Å². The molecule has 1 N–H and O–H groups in total. The van der Waals surface area contributed by atoms with Crippen molar-refractivity contribution in [2.45, 2.75) is 91.9 Å². The van der Waals surface area contributed by atoms with Crippen LogP contribution < -0.4 is 0 Å². The molecule has 6 heteroatoms. The van der Waals surface area contributed by atoms with Crippen molar-refractivity contribution in [2.75, 3.05) is 0 Å². The highest BCUT2D eigenvalue weighted by Crippen LogP contribution is 2.31. The summed E-state index contributed by atoms with van der Waals surface area (Å²) in [6.07, 6.45) is 0.129. The van der Waals surface area contributed by atoms with Crippen LogP contribution in [0.25, 0.3) is 0 Å². The zero-order chi connectivity index (χ0) is 26.3. The van der Waals surface area contributed by atoms with Crippen LogP contribution in [-0.2, 0) is 22.4 Å². The van der Waals surface area contributed by atoms with E-state index in [4.69, 9.17) is 16.7 Å². The SMILES string of the molecule is CC(C)c1cc(F)cc(C(C)C)c1CC(=O)Cl.CC(C)c1cc(F)cc(C(C)C)c1CC(=O)O. The van der Waals surface area contributed by atoms with Gasteiger partial charge in [0.25, 0.3) is 0 Å². The molecule has 0 unspecified atom stereocenters. The quantitative estimate of drug-likeness (QED) is 0.377. The molecule has 0 heterocycles. The van der Waals surface area contributed by atoms with Gasteiger partial charge in [0, 0.05) is 6.42 Å². The van der Waals surface area contributed by atoms with Crippen LogP contribution in [0.15, 0.2) is 24.3 Å². The van der Waals surface area contributed by atoms with Gasteiger partial charge in [-0.15, -0.1) is 0 Å². The number of carboxylic acids is 1. The third-order valence-corrected chi connectivity index (χ3v) is 5.83. The van der Waals surface area contributed by atoms with Gasteiger partial charge < -0.3 is 5.11 Å². The molecule has 3 nitrogen and oxygen atoms in total. The second-order valence-electron chi connectivity index (χ2n) is 9.85. The van der Waals surface area contributed by atoms with Gasteiger partial charge in [0.2, 0.25) is 5.24 Å². The van der Waals surface area contributed by atoms with E-state index >= 15 is 0 Å². The first kappa shape index (κ1) is 29.8. The first-order valence-corrected chi connectivity index (χ1v) is 12.1. The molecule has 0 fully saturated rings. The number of hydrogen-bond acceptors (Lipinski definition) is 2. The smallest absolute Gasteiger partial charge is 0.307 e. The Hall–Kier alpha value is -2.27. The van der Waals surface area contributed by atoms with Crippen molar-refractivity contribution in [2.24, 2.45) is 0 Å². The predicted octanol–water partition coefficient (Wildman–Crippen LogP) is 8.08. The maximum Gasteiger partial charge on any atom is 0.307 e. The predicted molar refractivity (Wildman–Crippen MR) is 135 cm³/mol. The van der Waals surface area contributed by atoms with Crippen molar-refractivity contribution in [3.63, 3.8) is 0 Å². The minimum atomic E-state index is -0.875. The number of aliphatic carboxylic acids is 1. The molecule has 0 saturated carbocycles. The van der Waals surface area contributed by atoms with Crippen LogP contribution in [0.3, 0.4) is 0 Å². The molecule has 2 aromatic carbocycles. The summed E-state index contributed by atoms with van der Waals surface area (Å²) < 4.78 is 27.1. The highest BCUT2D eigenvalue weighted by atomic mass is 35.5. The van der Waals surface area contributed by atoms with E-state index < -0.39 is 11.2 Å². The molecule has 0 aliphatic rings. The largest absolute Gasteiger partial charge is 0.481 e. The van der Waals surface area contributed by atoms with Gasteiger partial charge in [0.15, 0.2) is 0 Å². The summed E-state index contributed by atoms with van der Waals surface area (Å²) in [7, 11) is 0. The maximum atomic E-state index is 13.5. The number of benzene rings is 2. The number of rotatable bonds is 8. The third kappa shape index (κ3) is 8.50. The standard InChI is InChI=1S/C14H18ClFO.C14H19FO2/c1-8(2)11-5-10(16)6-12(9(3)4)13(11)7-14(15)17;1-8(2)11-5-10(15)6-12(9(3)4)13(11)7-14(16)17/h5-6,8-9H,7H2,1-4H3;5-6,8-9H,7H2,1-4H3,(H,16,17). The van der Waals surface area contributed by atoms with Gasteiger partial charge in [0.1, 0.15) is 11.6 Å². The second kappa shape index (κ2) is 13.0. The molecular formula is C28H37ClF2O3. The number of carbonyl (C=O) groups is 2. The molecule has 0 amide bonds. The number of halogens is 3. The van der Waals surface area contributed by atoms with E-state index in [0.717, 1.165) is 33.4 Å². The van der Waals surface area contributed by atoms with Crippen molar-refractivity contribution < 1.29 is 23.5 Å². The second-order valence-corrected chi connectivity index (χ2v) is 10.3. The van der Waals surface area contributed by atoms with Gasteiger partial charge in [0.05, 0.1) is 6.42 Å². The van der Waals surface area contributed by atoms with E-state index in [2.05, 4.69) is 0 Å². The maximum absolute atomic E-state index is 13.5. The highest BCUT2D eigenvalue weighted by Gasteiger charge is 2.19. The Kier molecular flexibility index (Phi) is 11.4. The Morgan fingerprint density at radius 2 is 0.941 bits per heavy atom. The Labute approximate surface area is 207 Å². The summed E-state index contributed by atoms with van der Waals surface area (Å²) in [5.41, 5.74) is 5.01. The summed E-state index contributed by atoms with van der Waals surface area (Å²) in [4.78, 5) is 22.0. The fourth-order valence-electron chi connectivity index (χ4n) is 4.12. The van der Waals surface area contributed by atoms with Gasteiger partial charge in [-0.05, 0) is 92.9 Å².